The van der Waals surface area contributed by atoms with Gasteiger partial charge in [-0.25, -0.2) is 18.3 Å². The molecule has 0 aliphatic carbocycles. The zero-order chi connectivity index (χ0) is 30.6. The summed E-state index contributed by atoms with van der Waals surface area (Å²) in [5, 5.41) is 7.90. The molecule has 2 heterocycles. The van der Waals surface area contributed by atoms with Gasteiger partial charge >= 0.3 is 17.7 Å². The molecule has 0 saturated carbocycles. The molecular formula is C27H24F5N5O5. The molecule has 0 amide bonds. The zero-order valence-corrected chi connectivity index (χ0v) is 22.5. The van der Waals surface area contributed by atoms with E-state index in [0.717, 1.165) is 12.1 Å². The maximum atomic E-state index is 14.9. The van der Waals surface area contributed by atoms with Gasteiger partial charge in [-0.3, -0.25) is 4.79 Å². The number of aromatic nitrogens is 4. The summed E-state index contributed by atoms with van der Waals surface area (Å²) < 4.78 is 83.7. The minimum absolute atomic E-state index is 0.0224. The molecule has 0 aliphatic heterocycles. The van der Waals surface area contributed by atoms with Crippen LogP contribution in [0.25, 0.3) is 22.6 Å². The summed E-state index contributed by atoms with van der Waals surface area (Å²) in [6.07, 6.45) is -4.93. The van der Waals surface area contributed by atoms with Crippen LogP contribution < -0.4 is 15.0 Å². The van der Waals surface area contributed by atoms with Crippen molar-refractivity contribution >= 4 is 5.97 Å². The lowest BCUT2D eigenvalue weighted by atomic mass is 10.1. The number of nitrogens with zero attached hydrogens (tertiary/aromatic N) is 5. The number of hydrogen-bond donors (Lipinski definition) is 0. The van der Waals surface area contributed by atoms with Gasteiger partial charge in [0.25, 0.3) is 0 Å². The maximum absolute atomic E-state index is 14.9. The highest BCUT2D eigenvalue weighted by molar-refractivity contribution is 5.78. The summed E-state index contributed by atoms with van der Waals surface area (Å²) in [4.78, 5) is 30.5. The van der Waals surface area contributed by atoms with Gasteiger partial charge in [-0.05, 0) is 44.3 Å². The lowest BCUT2D eigenvalue weighted by Gasteiger charge is -2.14. The van der Waals surface area contributed by atoms with Gasteiger partial charge in [0.15, 0.2) is 23.1 Å². The van der Waals surface area contributed by atoms with Gasteiger partial charge in [0.2, 0.25) is 11.7 Å². The van der Waals surface area contributed by atoms with Crippen molar-refractivity contribution in [2.24, 2.45) is 0 Å². The molecular weight excluding hydrogens is 569 g/mol. The van der Waals surface area contributed by atoms with E-state index in [9.17, 15) is 31.5 Å². The van der Waals surface area contributed by atoms with Crippen molar-refractivity contribution in [3.8, 4) is 34.1 Å². The normalized spacial score (nSPS) is 11.6. The van der Waals surface area contributed by atoms with Crippen LogP contribution in [-0.2, 0) is 11.3 Å². The van der Waals surface area contributed by atoms with Gasteiger partial charge in [-0.2, -0.15) is 23.3 Å². The molecule has 15 heteroatoms. The Hall–Kier alpha value is -4.66. The van der Waals surface area contributed by atoms with Crippen LogP contribution in [0.1, 0.15) is 17.9 Å². The number of aryl methyl sites for hydroxylation is 1. The van der Waals surface area contributed by atoms with Gasteiger partial charge in [0, 0.05) is 30.7 Å². The first-order valence-corrected chi connectivity index (χ1v) is 12.4. The topological polar surface area (TPSA) is 113 Å². The summed E-state index contributed by atoms with van der Waals surface area (Å²) in [6, 6.07) is 8.82. The molecule has 0 aliphatic rings. The second-order valence-corrected chi connectivity index (χ2v) is 9.36. The highest BCUT2D eigenvalue weighted by atomic mass is 19.4. The van der Waals surface area contributed by atoms with Crippen molar-refractivity contribution in [1.82, 2.24) is 24.8 Å². The van der Waals surface area contributed by atoms with E-state index in [4.69, 9.17) is 9.26 Å². The fourth-order valence-electron chi connectivity index (χ4n) is 3.80. The average Bonchev–Trinajstić information content (AvgIpc) is 3.35. The van der Waals surface area contributed by atoms with Crippen LogP contribution in [0.15, 0.2) is 51.8 Å². The molecule has 2 aromatic heterocycles. The summed E-state index contributed by atoms with van der Waals surface area (Å²) in [5.74, 6) is -6.01. The Balaban J connectivity index is 1.72. The molecule has 10 nitrogen and oxygen atoms in total. The van der Waals surface area contributed by atoms with E-state index in [-0.39, 0.29) is 30.2 Å². The van der Waals surface area contributed by atoms with Gasteiger partial charge in [-0.1, -0.05) is 23.4 Å². The van der Waals surface area contributed by atoms with Crippen molar-refractivity contribution < 1.29 is 40.7 Å². The van der Waals surface area contributed by atoms with Gasteiger partial charge < -0.3 is 18.9 Å². The molecule has 0 unspecified atom stereocenters. The molecule has 2 aromatic carbocycles. The minimum Gasteiger partial charge on any atom is -0.488 e. The predicted molar refractivity (Wildman–Crippen MR) is 138 cm³/mol. The largest absolute Gasteiger partial charge is 0.491 e. The quantitative estimate of drug-likeness (QED) is 0.150. The highest BCUT2D eigenvalue weighted by Gasteiger charge is 2.42. The Labute approximate surface area is 235 Å². The number of rotatable bonds is 10. The molecule has 42 heavy (non-hydrogen) atoms. The summed E-state index contributed by atoms with van der Waals surface area (Å²) in [6.45, 7) is 1.90. The summed E-state index contributed by atoms with van der Waals surface area (Å²) in [5.41, 5.74) is -0.864. The van der Waals surface area contributed by atoms with Crippen LogP contribution in [0.4, 0.5) is 22.0 Å². The van der Waals surface area contributed by atoms with Gasteiger partial charge in [0.05, 0.1) is 18.8 Å². The molecule has 4 rings (SSSR count). The number of carbonyl (C=O) groups excluding carboxylic acids is 1. The van der Waals surface area contributed by atoms with Crippen molar-refractivity contribution in [2.75, 3.05) is 27.2 Å². The number of benzene rings is 2. The predicted octanol–water partition coefficient (Wildman–Crippen LogP) is 4.39. The first-order valence-electron chi connectivity index (χ1n) is 12.4. The molecule has 0 spiro atoms. The molecule has 0 saturated heterocycles. The van der Waals surface area contributed by atoms with Crippen LogP contribution in [0.2, 0.25) is 0 Å². The van der Waals surface area contributed by atoms with Crippen molar-refractivity contribution in [1.29, 1.82) is 0 Å². The molecule has 0 fully saturated rings. The standard InChI is InChI=1S/C27H24F5N5O5/c1-15-33-24(35-42-15)17-7-4-6-16(10-17)14-37-25(38)22(41-26(39)27(30,31)32)13-21(34-37)18-11-19(28)23(20(29)12-18)40-9-5-8-36(2)3/h4,6-7,10-13H,5,8-9,14H2,1-3H3. The molecule has 0 atom stereocenters. The van der Waals surface area contributed by atoms with Gasteiger partial charge in [-0.15, -0.1) is 0 Å². The summed E-state index contributed by atoms with van der Waals surface area (Å²) in [7, 11) is 3.66. The van der Waals surface area contributed by atoms with E-state index < -0.39 is 40.8 Å². The maximum Gasteiger partial charge on any atom is 0.491 e. The van der Waals surface area contributed by atoms with Crippen molar-refractivity contribution in [2.45, 2.75) is 26.1 Å². The lowest BCUT2D eigenvalue weighted by Crippen LogP contribution is -2.32. The Morgan fingerprint density at radius 2 is 1.79 bits per heavy atom. The molecule has 0 radical (unpaired) electrons. The van der Waals surface area contributed by atoms with Crippen molar-refractivity contribution in [3.05, 3.63) is 75.9 Å². The molecule has 0 bridgehead atoms. The third kappa shape index (κ3) is 7.34. The average molecular weight is 594 g/mol. The van der Waals surface area contributed by atoms with E-state index in [1.165, 1.54) is 0 Å². The first kappa shape index (κ1) is 30.3. The minimum atomic E-state index is -5.42. The third-order valence-corrected chi connectivity index (χ3v) is 5.71. The Morgan fingerprint density at radius 1 is 1.07 bits per heavy atom. The van der Waals surface area contributed by atoms with E-state index in [0.29, 0.717) is 40.7 Å². The van der Waals surface area contributed by atoms with Crippen LogP contribution >= 0.6 is 0 Å². The Morgan fingerprint density at radius 3 is 2.40 bits per heavy atom. The van der Waals surface area contributed by atoms with Crippen LogP contribution in [0.3, 0.4) is 0 Å². The molecule has 0 N–H and O–H groups in total. The SMILES string of the molecule is Cc1nc(-c2cccc(Cn3nc(-c4cc(F)c(OCCCN(C)C)c(F)c4)cc(OC(=O)C(F)(F)F)c3=O)c2)no1. The number of carbonyl (C=O) groups is 1. The van der Waals surface area contributed by atoms with E-state index in [1.54, 1.807) is 31.2 Å². The number of esters is 1. The summed E-state index contributed by atoms with van der Waals surface area (Å²) >= 11 is 0. The number of ether oxygens (including phenoxy) is 2. The van der Waals surface area contributed by atoms with Crippen LogP contribution in [-0.4, -0.2) is 64.2 Å². The zero-order valence-electron chi connectivity index (χ0n) is 22.5. The fraction of sp³-hybridized carbons (Fsp3) is 0.296. The smallest absolute Gasteiger partial charge is 0.488 e. The van der Waals surface area contributed by atoms with E-state index in [2.05, 4.69) is 20.0 Å². The Kier molecular flexibility index (Phi) is 8.99. The second-order valence-electron chi connectivity index (χ2n) is 9.36. The lowest BCUT2D eigenvalue weighted by molar-refractivity contribution is -0.189. The number of halogens is 5. The molecule has 222 valence electrons. The van der Waals surface area contributed by atoms with Crippen LogP contribution in [0.5, 0.6) is 11.5 Å². The van der Waals surface area contributed by atoms with Crippen molar-refractivity contribution in [3.63, 3.8) is 0 Å². The molecule has 4 aromatic rings. The highest BCUT2D eigenvalue weighted by Crippen LogP contribution is 2.30. The third-order valence-electron chi connectivity index (χ3n) is 5.71. The van der Waals surface area contributed by atoms with E-state index in [1.807, 2.05) is 19.0 Å². The number of hydrogen-bond acceptors (Lipinski definition) is 9. The number of alkyl halides is 3. The van der Waals surface area contributed by atoms with Crippen LogP contribution in [0, 0.1) is 18.6 Å². The van der Waals surface area contributed by atoms with E-state index >= 15 is 0 Å². The second kappa shape index (κ2) is 12.5. The van der Waals surface area contributed by atoms with Gasteiger partial charge in [0.1, 0.15) is 0 Å². The monoisotopic (exact) mass is 593 g/mol. The Bertz CT molecular complexity index is 1630. The fourth-order valence-corrected chi connectivity index (χ4v) is 3.80. The first-order chi connectivity index (χ1) is 19.8.